The van der Waals surface area contributed by atoms with Crippen molar-refractivity contribution in [3.8, 4) is 0 Å². The number of carbonyl (C=O) groups excluding carboxylic acids is 3. The van der Waals surface area contributed by atoms with E-state index in [-0.39, 0.29) is 37.8 Å². The second-order valence-electron chi connectivity index (χ2n) is 8.49. The standard InChI is InChI=1S/C25H30ClNO5/c1-25(2,3)22(28)15-16-31-24(30)27-21(19-9-11-20(26)12-10-19)13-14-23(29)32-17-18-7-5-4-6-8-18/h4-12,21H,13-17H2,1-3H3,(H,27,30). The molecule has 0 radical (unpaired) electrons. The van der Waals surface area contributed by atoms with E-state index in [2.05, 4.69) is 5.32 Å². The number of esters is 1. The van der Waals surface area contributed by atoms with Crippen molar-refractivity contribution in [3.63, 3.8) is 0 Å². The van der Waals surface area contributed by atoms with Crippen molar-refractivity contribution in [2.75, 3.05) is 6.61 Å². The Morgan fingerprint density at radius 1 is 0.938 bits per heavy atom. The molecule has 0 saturated carbocycles. The minimum absolute atomic E-state index is 0.00556. The average Bonchev–Trinajstić information content (AvgIpc) is 2.75. The number of Topliss-reactive ketones (excluding diaryl/α,β-unsaturated/α-hetero) is 1. The van der Waals surface area contributed by atoms with E-state index in [1.54, 1.807) is 24.3 Å². The van der Waals surface area contributed by atoms with Gasteiger partial charge < -0.3 is 14.8 Å². The molecule has 1 N–H and O–H groups in total. The highest BCUT2D eigenvalue weighted by atomic mass is 35.5. The number of alkyl carbamates (subject to hydrolysis) is 1. The smallest absolute Gasteiger partial charge is 0.407 e. The number of nitrogens with one attached hydrogen (secondary N) is 1. The van der Waals surface area contributed by atoms with Gasteiger partial charge in [-0.2, -0.15) is 0 Å². The van der Waals surface area contributed by atoms with Crippen LogP contribution in [0.25, 0.3) is 0 Å². The number of hydrogen-bond acceptors (Lipinski definition) is 5. The molecule has 0 aliphatic rings. The van der Waals surface area contributed by atoms with Crippen LogP contribution < -0.4 is 5.32 Å². The van der Waals surface area contributed by atoms with Crippen molar-refractivity contribution in [2.45, 2.75) is 52.7 Å². The Labute approximate surface area is 194 Å². The maximum absolute atomic E-state index is 12.3. The van der Waals surface area contributed by atoms with Gasteiger partial charge in [-0.05, 0) is 29.7 Å². The van der Waals surface area contributed by atoms with Gasteiger partial charge in [-0.1, -0.05) is 74.8 Å². The van der Waals surface area contributed by atoms with Gasteiger partial charge in [0.15, 0.2) is 0 Å². The lowest BCUT2D eigenvalue weighted by Gasteiger charge is -2.20. The number of ether oxygens (including phenoxy) is 2. The van der Waals surface area contributed by atoms with E-state index in [0.717, 1.165) is 11.1 Å². The van der Waals surface area contributed by atoms with Gasteiger partial charge in [-0.25, -0.2) is 4.79 Å². The molecule has 0 fully saturated rings. The number of halogens is 1. The van der Waals surface area contributed by atoms with Gasteiger partial charge in [-0.15, -0.1) is 0 Å². The van der Waals surface area contributed by atoms with Gasteiger partial charge in [0, 0.05) is 23.3 Å². The Morgan fingerprint density at radius 3 is 2.22 bits per heavy atom. The molecule has 0 saturated heterocycles. The Kier molecular flexibility index (Phi) is 9.72. The molecule has 172 valence electrons. The number of carbonyl (C=O) groups is 3. The lowest BCUT2D eigenvalue weighted by molar-refractivity contribution is -0.145. The first-order chi connectivity index (χ1) is 15.1. The number of amides is 1. The fourth-order valence-corrected chi connectivity index (χ4v) is 3.01. The summed E-state index contributed by atoms with van der Waals surface area (Å²) in [5.41, 5.74) is 1.21. The zero-order valence-corrected chi connectivity index (χ0v) is 19.5. The van der Waals surface area contributed by atoms with Crippen LogP contribution >= 0.6 is 11.6 Å². The maximum atomic E-state index is 12.3. The lowest BCUT2D eigenvalue weighted by atomic mass is 9.89. The van der Waals surface area contributed by atoms with E-state index < -0.39 is 17.6 Å². The van der Waals surface area contributed by atoms with Crippen molar-refractivity contribution in [2.24, 2.45) is 5.41 Å². The summed E-state index contributed by atoms with van der Waals surface area (Å²) in [5, 5.41) is 3.34. The fourth-order valence-electron chi connectivity index (χ4n) is 2.89. The zero-order chi connectivity index (χ0) is 23.6. The summed E-state index contributed by atoms with van der Waals surface area (Å²) in [6.07, 6.45) is -0.0629. The summed E-state index contributed by atoms with van der Waals surface area (Å²) >= 11 is 5.97. The van der Waals surface area contributed by atoms with Crippen molar-refractivity contribution in [1.82, 2.24) is 5.32 Å². The predicted octanol–water partition coefficient (Wildman–Crippen LogP) is 5.64. The van der Waals surface area contributed by atoms with E-state index >= 15 is 0 Å². The van der Waals surface area contributed by atoms with Gasteiger partial charge in [0.1, 0.15) is 19.0 Å². The third kappa shape index (κ3) is 9.10. The molecule has 1 unspecified atom stereocenters. The summed E-state index contributed by atoms with van der Waals surface area (Å²) in [4.78, 5) is 36.5. The molecular weight excluding hydrogens is 430 g/mol. The average molecular weight is 460 g/mol. The van der Waals surface area contributed by atoms with Crippen LogP contribution in [0.2, 0.25) is 5.02 Å². The molecule has 0 heterocycles. The third-order valence-corrected chi connectivity index (χ3v) is 5.10. The summed E-state index contributed by atoms with van der Waals surface area (Å²) in [6, 6.07) is 15.9. The van der Waals surface area contributed by atoms with Crippen LogP contribution in [0.3, 0.4) is 0 Å². The Balaban J connectivity index is 1.89. The minimum Gasteiger partial charge on any atom is -0.461 e. The number of hydrogen-bond donors (Lipinski definition) is 1. The fraction of sp³-hybridized carbons (Fsp3) is 0.400. The molecule has 2 aromatic carbocycles. The molecule has 0 bridgehead atoms. The van der Waals surface area contributed by atoms with Crippen LogP contribution in [0.1, 0.15) is 57.2 Å². The highest BCUT2D eigenvalue weighted by Crippen LogP contribution is 2.22. The Bertz CT molecular complexity index is 891. The molecular formula is C25H30ClNO5. The van der Waals surface area contributed by atoms with Crippen molar-refractivity contribution in [1.29, 1.82) is 0 Å². The second kappa shape index (κ2) is 12.2. The first-order valence-electron chi connectivity index (χ1n) is 10.6. The quantitative estimate of drug-likeness (QED) is 0.465. The summed E-state index contributed by atoms with van der Waals surface area (Å²) in [6.45, 7) is 5.66. The molecule has 6 nitrogen and oxygen atoms in total. The van der Waals surface area contributed by atoms with Crippen LogP contribution in [0.4, 0.5) is 4.79 Å². The molecule has 1 atom stereocenters. The Hall–Kier alpha value is -2.86. The first kappa shape index (κ1) is 25.4. The number of rotatable bonds is 10. The Morgan fingerprint density at radius 2 is 1.59 bits per heavy atom. The van der Waals surface area contributed by atoms with E-state index in [1.165, 1.54) is 0 Å². The van der Waals surface area contributed by atoms with E-state index in [1.807, 2.05) is 51.1 Å². The maximum Gasteiger partial charge on any atom is 0.407 e. The van der Waals surface area contributed by atoms with E-state index in [9.17, 15) is 14.4 Å². The highest BCUT2D eigenvalue weighted by molar-refractivity contribution is 6.30. The molecule has 1 amide bonds. The largest absolute Gasteiger partial charge is 0.461 e. The van der Waals surface area contributed by atoms with Crippen molar-refractivity contribution < 1.29 is 23.9 Å². The third-order valence-electron chi connectivity index (χ3n) is 4.84. The van der Waals surface area contributed by atoms with E-state index in [0.29, 0.717) is 11.4 Å². The van der Waals surface area contributed by atoms with Gasteiger partial charge in [0.2, 0.25) is 0 Å². The molecule has 7 heteroatoms. The first-order valence-corrected chi connectivity index (χ1v) is 10.9. The molecule has 0 spiro atoms. The van der Waals surface area contributed by atoms with Crippen LogP contribution in [-0.4, -0.2) is 24.5 Å². The topological polar surface area (TPSA) is 81.7 Å². The van der Waals surface area contributed by atoms with Gasteiger partial charge in [0.25, 0.3) is 0 Å². The van der Waals surface area contributed by atoms with E-state index in [4.69, 9.17) is 21.1 Å². The summed E-state index contributed by atoms with van der Waals surface area (Å²) < 4.78 is 10.5. The summed E-state index contributed by atoms with van der Waals surface area (Å²) in [5.74, 6) is -0.348. The highest BCUT2D eigenvalue weighted by Gasteiger charge is 2.22. The van der Waals surface area contributed by atoms with Gasteiger partial charge in [-0.3, -0.25) is 9.59 Å². The molecule has 0 aromatic heterocycles. The van der Waals surface area contributed by atoms with Gasteiger partial charge >= 0.3 is 12.1 Å². The molecule has 2 aromatic rings. The molecule has 0 aliphatic carbocycles. The SMILES string of the molecule is CC(C)(C)C(=O)CCOC(=O)NC(CCC(=O)OCc1ccccc1)c1ccc(Cl)cc1. The van der Waals surface area contributed by atoms with Crippen LogP contribution in [0, 0.1) is 5.41 Å². The minimum atomic E-state index is -0.649. The predicted molar refractivity (Wildman–Crippen MR) is 123 cm³/mol. The molecule has 32 heavy (non-hydrogen) atoms. The molecule has 2 rings (SSSR count). The number of benzene rings is 2. The monoisotopic (exact) mass is 459 g/mol. The van der Waals surface area contributed by atoms with Crippen LogP contribution in [0.5, 0.6) is 0 Å². The number of ketones is 1. The van der Waals surface area contributed by atoms with Crippen molar-refractivity contribution in [3.05, 3.63) is 70.7 Å². The zero-order valence-electron chi connectivity index (χ0n) is 18.7. The summed E-state index contributed by atoms with van der Waals surface area (Å²) in [7, 11) is 0. The van der Waals surface area contributed by atoms with Crippen LogP contribution in [-0.2, 0) is 25.7 Å². The van der Waals surface area contributed by atoms with Gasteiger partial charge in [0.05, 0.1) is 6.04 Å². The second-order valence-corrected chi connectivity index (χ2v) is 8.93. The lowest BCUT2D eigenvalue weighted by Crippen LogP contribution is -2.31. The van der Waals surface area contributed by atoms with Crippen molar-refractivity contribution >= 4 is 29.4 Å². The molecule has 0 aliphatic heterocycles. The normalized spacial score (nSPS) is 12.0. The van der Waals surface area contributed by atoms with Crippen LogP contribution in [0.15, 0.2) is 54.6 Å².